The van der Waals surface area contributed by atoms with E-state index in [0.717, 1.165) is 29.7 Å². The Hall–Kier alpha value is -1.88. The number of amides is 1. The van der Waals surface area contributed by atoms with Crippen molar-refractivity contribution in [2.75, 3.05) is 12.4 Å². The summed E-state index contributed by atoms with van der Waals surface area (Å²) in [6.45, 7) is 0. The Morgan fingerprint density at radius 1 is 1.47 bits per heavy atom. The van der Waals surface area contributed by atoms with Crippen LogP contribution < -0.4 is 5.32 Å². The van der Waals surface area contributed by atoms with E-state index in [4.69, 9.17) is 0 Å². The molecule has 0 spiro atoms. The molecule has 1 atom stereocenters. The number of hydrogen-bond donors (Lipinski definition) is 2. The summed E-state index contributed by atoms with van der Waals surface area (Å²) in [5, 5.41) is 12.2. The van der Waals surface area contributed by atoms with Crippen LogP contribution in [0.2, 0.25) is 0 Å². The first-order valence-corrected chi connectivity index (χ1v) is 6.43. The molecule has 2 N–H and O–H groups in total. The van der Waals surface area contributed by atoms with Gasteiger partial charge in [0.1, 0.15) is 6.04 Å². The van der Waals surface area contributed by atoms with Gasteiger partial charge in [-0.05, 0) is 37.1 Å². The molecule has 100 valence electrons. The first-order chi connectivity index (χ1) is 9.06. The molecule has 1 unspecified atom stereocenters. The van der Waals surface area contributed by atoms with Gasteiger partial charge < -0.3 is 10.4 Å². The molecule has 2 aliphatic rings. The van der Waals surface area contributed by atoms with Crippen molar-refractivity contribution >= 4 is 17.6 Å². The third kappa shape index (κ3) is 2.21. The summed E-state index contributed by atoms with van der Waals surface area (Å²) in [5.74, 6) is -0.874. The largest absolute Gasteiger partial charge is 0.480 e. The van der Waals surface area contributed by atoms with Crippen molar-refractivity contribution in [2.24, 2.45) is 0 Å². The highest BCUT2D eigenvalue weighted by Crippen LogP contribution is 2.35. The molecule has 19 heavy (non-hydrogen) atoms. The molecule has 1 fully saturated rings. The highest BCUT2D eigenvalue weighted by atomic mass is 16.4. The fraction of sp³-hybridized carbons (Fsp3) is 0.429. The van der Waals surface area contributed by atoms with Crippen LogP contribution in [0.3, 0.4) is 0 Å². The summed E-state index contributed by atoms with van der Waals surface area (Å²) in [4.78, 5) is 24.8. The first kappa shape index (κ1) is 12.2. The minimum absolute atomic E-state index is 0.0328. The zero-order valence-electron chi connectivity index (χ0n) is 10.7. The van der Waals surface area contributed by atoms with Crippen LogP contribution in [0.5, 0.6) is 0 Å². The van der Waals surface area contributed by atoms with Gasteiger partial charge in [0, 0.05) is 11.7 Å². The normalized spacial score (nSPS) is 19.2. The van der Waals surface area contributed by atoms with Crippen LogP contribution in [-0.2, 0) is 16.0 Å². The van der Waals surface area contributed by atoms with Gasteiger partial charge in [-0.3, -0.25) is 14.5 Å². The van der Waals surface area contributed by atoms with Crippen molar-refractivity contribution in [1.29, 1.82) is 0 Å². The second-order valence-electron chi connectivity index (χ2n) is 5.28. The van der Waals surface area contributed by atoms with Crippen molar-refractivity contribution in [1.82, 2.24) is 4.90 Å². The average Bonchev–Trinajstić information content (AvgIpc) is 3.11. The topological polar surface area (TPSA) is 69.6 Å². The maximum atomic E-state index is 11.5. The van der Waals surface area contributed by atoms with Gasteiger partial charge in [-0.1, -0.05) is 12.1 Å². The van der Waals surface area contributed by atoms with E-state index in [1.165, 1.54) is 0 Å². The van der Waals surface area contributed by atoms with E-state index in [1.54, 1.807) is 12.1 Å². The van der Waals surface area contributed by atoms with E-state index in [9.17, 15) is 14.7 Å². The summed E-state index contributed by atoms with van der Waals surface area (Å²) in [6, 6.07) is 5.17. The van der Waals surface area contributed by atoms with Crippen LogP contribution in [0, 0.1) is 0 Å². The fourth-order valence-corrected chi connectivity index (χ4v) is 2.66. The number of carbonyl (C=O) groups is 2. The molecule has 1 aliphatic carbocycles. The predicted molar refractivity (Wildman–Crippen MR) is 69.9 cm³/mol. The number of nitrogens with zero attached hydrogens (tertiary/aromatic N) is 1. The zero-order chi connectivity index (χ0) is 13.6. The number of fused-ring (bicyclic) bond motifs is 1. The van der Waals surface area contributed by atoms with Crippen molar-refractivity contribution in [3.05, 3.63) is 29.3 Å². The molecule has 1 aromatic carbocycles. The predicted octanol–water partition coefficient (Wildman–Crippen LogP) is 1.40. The molecule has 1 amide bonds. The Balaban J connectivity index is 1.93. The molecule has 0 aromatic heterocycles. The number of anilines is 1. The first-order valence-electron chi connectivity index (χ1n) is 6.43. The second kappa shape index (κ2) is 4.35. The summed E-state index contributed by atoms with van der Waals surface area (Å²) < 4.78 is 0. The van der Waals surface area contributed by atoms with E-state index in [1.807, 2.05) is 18.0 Å². The third-order valence-corrected chi connectivity index (χ3v) is 3.83. The Bertz CT molecular complexity index is 552. The monoisotopic (exact) mass is 260 g/mol. The SMILES string of the molecule is CN(C1CC1)C(C(=O)O)c1ccc2c(c1)CC(=O)N2. The Morgan fingerprint density at radius 3 is 2.84 bits per heavy atom. The Morgan fingerprint density at radius 2 is 2.21 bits per heavy atom. The molecule has 0 radical (unpaired) electrons. The highest BCUT2D eigenvalue weighted by molar-refractivity contribution is 5.99. The van der Waals surface area contributed by atoms with Crippen LogP contribution in [0.15, 0.2) is 18.2 Å². The van der Waals surface area contributed by atoms with Gasteiger partial charge in [0.15, 0.2) is 0 Å². The van der Waals surface area contributed by atoms with Gasteiger partial charge in [0.05, 0.1) is 6.42 Å². The number of likely N-dealkylation sites (N-methyl/N-ethyl adjacent to an activating group) is 1. The molecule has 0 bridgehead atoms. The van der Waals surface area contributed by atoms with E-state index in [2.05, 4.69) is 5.32 Å². The van der Waals surface area contributed by atoms with E-state index in [0.29, 0.717) is 12.5 Å². The lowest BCUT2D eigenvalue weighted by Gasteiger charge is -2.25. The van der Waals surface area contributed by atoms with E-state index >= 15 is 0 Å². The van der Waals surface area contributed by atoms with Gasteiger partial charge in [0.25, 0.3) is 0 Å². The smallest absolute Gasteiger partial charge is 0.325 e. The number of carboxylic acids is 1. The summed E-state index contributed by atoms with van der Waals surface area (Å²) in [7, 11) is 1.85. The Labute approximate surface area is 111 Å². The number of carbonyl (C=O) groups excluding carboxylic acids is 1. The number of carboxylic acid groups (broad SMARTS) is 1. The summed E-state index contributed by atoms with van der Waals surface area (Å²) in [6.07, 6.45) is 2.46. The molecule has 5 heteroatoms. The van der Waals surface area contributed by atoms with Crippen molar-refractivity contribution in [3.63, 3.8) is 0 Å². The molecule has 3 rings (SSSR count). The lowest BCUT2D eigenvalue weighted by Crippen LogP contribution is -2.32. The number of hydrogen-bond acceptors (Lipinski definition) is 3. The highest BCUT2D eigenvalue weighted by Gasteiger charge is 2.36. The van der Waals surface area contributed by atoms with E-state index < -0.39 is 12.0 Å². The molecule has 5 nitrogen and oxygen atoms in total. The molecular weight excluding hydrogens is 244 g/mol. The average molecular weight is 260 g/mol. The standard InChI is InChI=1S/C14H16N2O3/c1-16(10-3-4-10)13(14(18)19)8-2-5-11-9(6-8)7-12(17)15-11/h2,5-6,10,13H,3-4,7H2,1H3,(H,15,17)(H,18,19). The second-order valence-corrected chi connectivity index (χ2v) is 5.28. The van der Waals surface area contributed by atoms with Gasteiger partial charge in [-0.2, -0.15) is 0 Å². The zero-order valence-corrected chi connectivity index (χ0v) is 10.7. The van der Waals surface area contributed by atoms with Crippen LogP contribution >= 0.6 is 0 Å². The Kier molecular flexibility index (Phi) is 2.78. The molecule has 1 saturated carbocycles. The van der Waals surface area contributed by atoms with Gasteiger partial charge >= 0.3 is 5.97 Å². The molecule has 1 aliphatic heterocycles. The molecule has 0 saturated heterocycles. The van der Waals surface area contributed by atoms with Crippen molar-refractivity contribution in [3.8, 4) is 0 Å². The quantitative estimate of drug-likeness (QED) is 0.858. The maximum Gasteiger partial charge on any atom is 0.325 e. The van der Waals surface area contributed by atoms with E-state index in [-0.39, 0.29) is 5.91 Å². The van der Waals surface area contributed by atoms with Gasteiger partial charge in [-0.15, -0.1) is 0 Å². The summed E-state index contributed by atoms with van der Waals surface area (Å²) >= 11 is 0. The number of rotatable bonds is 4. The fourth-order valence-electron chi connectivity index (χ4n) is 2.66. The maximum absolute atomic E-state index is 11.5. The van der Waals surface area contributed by atoms with Crippen molar-refractivity contribution < 1.29 is 14.7 Å². The third-order valence-electron chi connectivity index (χ3n) is 3.83. The molecular formula is C14H16N2O3. The van der Waals surface area contributed by atoms with Gasteiger partial charge in [-0.25, -0.2) is 0 Å². The number of benzene rings is 1. The lowest BCUT2D eigenvalue weighted by atomic mass is 10.0. The van der Waals surface area contributed by atoms with Gasteiger partial charge in [0.2, 0.25) is 5.91 Å². The number of nitrogens with one attached hydrogen (secondary N) is 1. The van der Waals surface area contributed by atoms with Crippen LogP contribution in [0.25, 0.3) is 0 Å². The number of aliphatic carboxylic acids is 1. The summed E-state index contributed by atoms with van der Waals surface area (Å²) in [5.41, 5.74) is 2.43. The molecule has 1 aromatic rings. The van der Waals surface area contributed by atoms with Crippen LogP contribution in [-0.4, -0.2) is 35.0 Å². The minimum atomic E-state index is -0.841. The molecule has 1 heterocycles. The lowest BCUT2D eigenvalue weighted by molar-refractivity contribution is -0.143. The van der Waals surface area contributed by atoms with Crippen LogP contribution in [0.4, 0.5) is 5.69 Å². The van der Waals surface area contributed by atoms with Crippen molar-refractivity contribution in [2.45, 2.75) is 31.3 Å². The minimum Gasteiger partial charge on any atom is -0.480 e. The van der Waals surface area contributed by atoms with Crippen LogP contribution in [0.1, 0.15) is 30.0 Å².